The first-order valence-corrected chi connectivity index (χ1v) is 4.15. The zero-order valence-corrected chi connectivity index (χ0v) is 6.64. The van der Waals surface area contributed by atoms with Gasteiger partial charge in [-0.1, -0.05) is 30.3 Å². The smallest absolute Gasteiger partial charge is 0.234 e. The lowest BCUT2D eigenvalue weighted by atomic mass is 10.2. The molecule has 1 aromatic rings. The van der Waals surface area contributed by atoms with Crippen LogP contribution in [0.5, 0.6) is 0 Å². The molecule has 0 bridgehead atoms. The third-order valence-electron chi connectivity index (χ3n) is 1.20. The highest BCUT2D eigenvalue weighted by molar-refractivity contribution is 8.12. The van der Waals surface area contributed by atoms with Crippen molar-refractivity contribution in [2.75, 3.05) is 0 Å². The molecule has 0 unspecified atom stereocenters. The number of hydrogen-bond donors (Lipinski definition) is 0. The van der Waals surface area contributed by atoms with Gasteiger partial charge in [0.15, 0.2) is 0 Å². The van der Waals surface area contributed by atoms with Crippen molar-refractivity contribution in [2.24, 2.45) is 0 Å². The molecule has 2 nitrogen and oxygen atoms in total. The van der Waals surface area contributed by atoms with Crippen LogP contribution in [-0.2, 0) is 10.9 Å². The Labute approximate surface area is 69.2 Å². The van der Waals surface area contributed by atoms with Crippen LogP contribution in [-0.4, -0.2) is 5.30 Å². The molecule has 1 aromatic carbocycles. The summed E-state index contributed by atoms with van der Waals surface area (Å²) in [6.07, 6.45) is 0. The predicted molar refractivity (Wildman–Crippen MR) is 43.8 cm³/mol. The minimum atomic E-state index is -1.08. The summed E-state index contributed by atoms with van der Waals surface area (Å²) in [6, 6.07) is 9.43. The van der Waals surface area contributed by atoms with Crippen LogP contribution >= 0.6 is 11.8 Å². The van der Waals surface area contributed by atoms with E-state index in [0.29, 0.717) is 5.75 Å². The van der Waals surface area contributed by atoms with Gasteiger partial charge in [-0.15, -0.1) is 0 Å². The lowest BCUT2D eigenvalue weighted by Gasteiger charge is -1.93. The molecule has 0 saturated heterocycles. The molecule has 1 radical (unpaired) electrons. The zero-order valence-electron chi connectivity index (χ0n) is 5.82. The van der Waals surface area contributed by atoms with Crippen molar-refractivity contribution in [3.63, 3.8) is 0 Å². The van der Waals surface area contributed by atoms with Crippen LogP contribution in [0.15, 0.2) is 30.3 Å². The Hall–Kier alpha value is -0.960. The van der Waals surface area contributed by atoms with E-state index in [1.807, 2.05) is 30.3 Å². The molecule has 0 atom stereocenters. The lowest BCUT2D eigenvalue weighted by Crippen LogP contribution is -1.83. The first-order chi connectivity index (χ1) is 5.29. The summed E-state index contributed by atoms with van der Waals surface area (Å²) in [5.74, 6) is 0.475. The van der Waals surface area contributed by atoms with Gasteiger partial charge in [-0.3, -0.25) is 0 Å². The van der Waals surface area contributed by atoms with E-state index < -0.39 is 5.30 Å². The Balaban J connectivity index is 2.45. The predicted octanol–water partition coefficient (Wildman–Crippen LogP) is 2.47. The standard InChI is InChI=1S/C8H7O2S/c9-8(10)11-6-7-4-2-1-3-5-7/h1-5H,6H2. The molecule has 0 heterocycles. The molecule has 0 amide bonds. The van der Waals surface area contributed by atoms with Crippen molar-refractivity contribution >= 4 is 17.1 Å². The Kier molecular flexibility index (Phi) is 2.98. The van der Waals surface area contributed by atoms with Gasteiger partial charge in [0.05, 0.1) is 0 Å². The van der Waals surface area contributed by atoms with Crippen LogP contribution in [0.25, 0.3) is 0 Å². The summed E-state index contributed by atoms with van der Waals surface area (Å²) >= 11 is 0.790. The summed E-state index contributed by atoms with van der Waals surface area (Å²) in [4.78, 5) is 10.0. The van der Waals surface area contributed by atoms with Gasteiger partial charge >= 0.3 is 5.30 Å². The van der Waals surface area contributed by atoms with Crippen molar-refractivity contribution in [1.82, 2.24) is 0 Å². The summed E-state index contributed by atoms with van der Waals surface area (Å²) in [5, 5.41) is 8.95. The highest BCUT2D eigenvalue weighted by Gasteiger charge is 1.99. The van der Waals surface area contributed by atoms with Gasteiger partial charge in [-0.05, 0) is 17.3 Å². The van der Waals surface area contributed by atoms with Gasteiger partial charge in [0.2, 0.25) is 0 Å². The van der Waals surface area contributed by atoms with Crippen molar-refractivity contribution in [3.8, 4) is 0 Å². The van der Waals surface area contributed by atoms with Gasteiger partial charge in [0.25, 0.3) is 0 Å². The Morgan fingerprint density at radius 3 is 2.45 bits per heavy atom. The van der Waals surface area contributed by atoms with Crippen molar-refractivity contribution in [2.45, 2.75) is 5.75 Å². The number of hydrogen-bond acceptors (Lipinski definition) is 2. The van der Waals surface area contributed by atoms with Gasteiger partial charge in [-0.2, -0.15) is 0 Å². The van der Waals surface area contributed by atoms with Gasteiger partial charge in [-0.25, -0.2) is 9.90 Å². The van der Waals surface area contributed by atoms with E-state index in [4.69, 9.17) is 0 Å². The van der Waals surface area contributed by atoms with Gasteiger partial charge in [0.1, 0.15) is 0 Å². The molecule has 0 aromatic heterocycles. The third-order valence-corrected chi connectivity index (χ3v) is 1.91. The number of thioether (sulfide) groups is 1. The molecule has 0 N–H and O–H groups in total. The summed E-state index contributed by atoms with van der Waals surface area (Å²) in [7, 11) is 0. The van der Waals surface area contributed by atoms with Crippen LogP contribution in [0.2, 0.25) is 0 Å². The third kappa shape index (κ3) is 3.09. The van der Waals surface area contributed by atoms with Crippen LogP contribution in [0, 0.1) is 0 Å². The summed E-state index contributed by atoms with van der Waals surface area (Å²) < 4.78 is 0. The molecule has 1 rings (SSSR count). The number of carbonyl (C=O) groups excluding carboxylic acids is 1. The second-order valence-electron chi connectivity index (χ2n) is 2.02. The Morgan fingerprint density at radius 2 is 1.91 bits per heavy atom. The second kappa shape index (κ2) is 4.03. The quantitative estimate of drug-likeness (QED) is 0.678. The van der Waals surface area contributed by atoms with Crippen molar-refractivity contribution in [3.05, 3.63) is 35.9 Å². The second-order valence-corrected chi connectivity index (χ2v) is 2.93. The van der Waals surface area contributed by atoms with Crippen LogP contribution in [0.1, 0.15) is 5.56 Å². The molecule has 0 aliphatic rings. The first kappa shape index (κ1) is 8.14. The fourth-order valence-corrected chi connectivity index (χ4v) is 1.19. The maximum Gasteiger partial charge on any atom is 0.413 e. The van der Waals surface area contributed by atoms with E-state index in [9.17, 15) is 9.90 Å². The highest BCUT2D eigenvalue weighted by atomic mass is 32.2. The minimum Gasteiger partial charge on any atom is -0.234 e. The zero-order chi connectivity index (χ0) is 8.10. The van der Waals surface area contributed by atoms with Crippen LogP contribution in [0.4, 0.5) is 4.79 Å². The molecule has 11 heavy (non-hydrogen) atoms. The van der Waals surface area contributed by atoms with Crippen molar-refractivity contribution in [1.29, 1.82) is 0 Å². The highest BCUT2D eigenvalue weighted by Crippen LogP contribution is 2.11. The molecule has 0 aliphatic heterocycles. The van der Waals surface area contributed by atoms with E-state index in [1.54, 1.807) is 0 Å². The molecule has 0 aliphatic carbocycles. The Morgan fingerprint density at radius 1 is 1.27 bits per heavy atom. The van der Waals surface area contributed by atoms with Gasteiger partial charge < -0.3 is 0 Å². The topological polar surface area (TPSA) is 37.0 Å². The number of benzene rings is 1. The average Bonchev–Trinajstić information content (AvgIpc) is 2.03. The summed E-state index contributed by atoms with van der Waals surface area (Å²) in [6.45, 7) is 0. The molecule has 3 heteroatoms. The van der Waals surface area contributed by atoms with Gasteiger partial charge in [0, 0.05) is 5.75 Å². The van der Waals surface area contributed by atoms with Crippen LogP contribution < -0.4 is 0 Å². The molecule has 57 valence electrons. The molecule has 0 spiro atoms. The monoisotopic (exact) mass is 167 g/mol. The van der Waals surface area contributed by atoms with E-state index in [0.717, 1.165) is 17.3 Å². The van der Waals surface area contributed by atoms with E-state index >= 15 is 0 Å². The molecular formula is C8H7O2S. The van der Waals surface area contributed by atoms with Crippen molar-refractivity contribution < 1.29 is 9.90 Å². The van der Waals surface area contributed by atoms with E-state index in [-0.39, 0.29) is 0 Å². The normalized spacial score (nSPS) is 9.45. The maximum atomic E-state index is 10.0. The molecule has 0 fully saturated rings. The summed E-state index contributed by atoms with van der Waals surface area (Å²) in [5.41, 5.74) is 1.00. The Bertz CT molecular complexity index is 233. The SMILES string of the molecule is [O]C(=O)SCc1ccccc1. The number of carbonyl (C=O) groups is 1. The van der Waals surface area contributed by atoms with E-state index in [2.05, 4.69) is 0 Å². The number of rotatable bonds is 2. The first-order valence-electron chi connectivity index (χ1n) is 3.17. The fourth-order valence-electron chi connectivity index (χ4n) is 0.716. The molecule has 0 saturated carbocycles. The largest absolute Gasteiger partial charge is 0.413 e. The molecular weight excluding hydrogens is 160 g/mol. The fraction of sp³-hybridized carbons (Fsp3) is 0.125. The van der Waals surface area contributed by atoms with E-state index in [1.165, 1.54) is 0 Å². The maximum absolute atomic E-state index is 10.0. The average molecular weight is 167 g/mol. The van der Waals surface area contributed by atoms with Crippen LogP contribution in [0.3, 0.4) is 0 Å². The minimum absolute atomic E-state index is 0.475. The lowest BCUT2D eigenvalue weighted by molar-refractivity contribution is 0.199.